The second kappa shape index (κ2) is 14.7. The SMILES string of the molecule is CC.CNC(=O)CCCC=O.Nc1ccc(C2CCNCC2)cc1. The van der Waals surface area contributed by atoms with E-state index in [2.05, 4.69) is 22.8 Å². The van der Waals surface area contributed by atoms with E-state index in [1.54, 1.807) is 7.05 Å². The van der Waals surface area contributed by atoms with Crippen LogP contribution < -0.4 is 16.4 Å². The van der Waals surface area contributed by atoms with Crippen LogP contribution in [0.15, 0.2) is 24.3 Å². The molecule has 0 bridgehead atoms. The molecule has 0 radical (unpaired) electrons. The molecular weight excluding hydrogens is 302 g/mol. The summed E-state index contributed by atoms with van der Waals surface area (Å²) >= 11 is 0. The van der Waals surface area contributed by atoms with Gasteiger partial charge in [-0.2, -0.15) is 0 Å². The van der Waals surface area contributed by atoms with E-state index in [1.165, 1.54) is 18.4 Å². The summed E-state index contributed by atoms with van der Waals surface area (Å²) in [4.78, 5) is 20.2. The topological polar surface area (TPSA) is 84.2 Å². The molecule has 5 heteroatoms. The van der Waals surface area contributed by atoms with E-state index >= 15 is 0 Å². The molecule has 1 aromatic carbocycles. The summed E-state index contributed by atoms with van der Waals surface area (Å²) in [5.74, 6) is 0.735. The number of anilines is 1. The fraction of sp³-hybridized carbons (Fsp3) is 0.579. The highest BCUT2D eigenvalue weighted by atomic mass is 16.1. The number of carbonyl (C=O) groups excluding carboxylic acids is 2. The molecule has 0 aromatic heterocycles. The molecule has 5 nitrogen and oxygen atoms in total. The fourth-order valence-electron chi connectivity index (χ4n) is 2.39. The van der Waals surface area contributed by atoms with Crippen LogP contribution in [0.1, 0.15) is 57.4 Å². The fourth-order valence-corrected chi connectivity index (χ4v) is 2.39. The first-order chi connectivity index (χ1) is 11.7. The minimum absolute atomic E-state index is 0.00292. The number of unbranched alkanes of at least 4 members (excludes halogenated alkanes) is 1. The maximum absolute atomic E-state index is 10.5. The van der Waals surface area contributed by atoms with Crippen molar-refractivity contribution in [2.75, 3.05) is 25.9 Å². The summed E-state index contributed by atoms with van der Waals surface area (Å²) < 4.78 is 0. The van der Waals surface area contributed by atoms with Gasteiger partial charge >= 0.3 is 0 Å². The molecular formula is C19H33N3O2. The lowest BCUT2D eigenvalue weighted by Crippen LogP contribution is -2.26. The lowest BCUT2D eigenvalue weighted by Gasteiger charge is -2.22. The molecule has 136 valence electrons. The van der Waals surface area contributed by atoms with E-state index < -0.39 is 0 Å². The van der Waals surface area contributed by atoms with Gasteiger partial charge in [0.05, 0.1) is 0 Å². The summed E-state index contributed by atoms with van der Waals surface area (Å²) in [6.07, 6.45) is 4.92. The molecule has 4 N–H and O–H groups in total. The highest BCUT2D eigenvalue weighted by Crippen LogP contribution is 2.25. The average molecular weight is 335 g/mol. The van der Waals surface area contributed by atoms with Gasteiger partial charge in [-0.05, 0) is 56.0 Å². The number of hydrogen-bond donors (Lipinski definition) is 3. The zero-order valence-corrected chi connectivity index (χ0v) is 15.3. The van der Waals surface area contributed by atoms with Crippen LogP contribution in [0.3, 0.4) is 0 Å². The van der Waals surface area contributed by atoms with Crippen molar-refractivity contribution < 1.29 is 9.59 Å². The number of benzene rings is 1. The Morgan fingerprint density at radius 1 is 1.25 bits per heavy atom. The van der Waals surface area contributed by atoms with Crippen molar-refractivity contribution in [1.82, 2.24) is 10.6 Å². The molecule has 24 heavy (non-hydrogen) atoms. The van der Waals surface area contributed by atoms with E-state index in [9.17, 15) is 9.59 Å². The quantitative estimate of drug-likeness (QED) is 0.439. The largest absolute Gasteiger partial charge is 0.399 e. The Labute approximate surface area is 146 Å². The summed E-state index contributed by atoms with van der Waals surface area (Å²) in [6, 6.07) is 8.31. The molecule has 0 atom stereocenters. The number of carbonyl (C=O) groups is 2. The van der Waals surface area contributed by atoms with Crippen molar-refractivity contribution in [3.05, 3.63) is 29.8 Å². The molecule has 1 saturated heterocycles. The van der Waals surface area contributed by atoms with Crippen LogP contribution in [0.4, 0.5) is 5.69 Å². The van der Waals surface area contributed by atoms with Gasteiger partial charge in [0.2, 0.25) is 5.91 Å². The van der Waals surface area contributed by atoms with E-state index in [0.29, 0.717) is 19.3 Å². The number of nitrogens with two attached hydrogens (primary N) is 1. The van der Waals surface area contributed by atoms with E-state index in [1.807, 2.05) is 26.0 Å². The van der Waals surface area contributed by atoms with Gasteiger partial charge in [0.25, 0.3) is 0 Å². The molecule has 1 amide bonds. The zero-order chi connectivity index (χ0) is 18.2. The van der Waals surface area contributed by atoms with Crippen LogP contribution in [0.2, 0.25) is 0 Å². The zero-order valence-electron chi connectivity index (χ0n) is 15.3. The second-order valence-corrected chi connectivity index (χ2v) is 5.42. The molecule has 0 unspecified atom stereocenters. The Hall–Kier alpha value is -1.88. The lowest BCUT2D eigenvalue weighted by molar-refractivity contribution is -0.120. The van der Waals surface area contributed by atoms with Gasteiger partial charge in [-0.3, -0.25) is 4.79 Å². The van der Waals surface area contributed by atoms with Crippen LogP contribution in [0.25, 0.3) is 0 Å². The minimum atomic E-state index is -0.00292. The van der Waals surface area contributed by atoms with Gasteiger partial charge in [0.15, 0.2) is 0 Å². The Morgan fingerprint density at radius 2 is 1.83 bits per heavy atom. The Kier molecular flexibility index (Phi) is 13.5. The normalized spacial score (nSPS) is 13.6. The molecule has 1 aliphatic rings. The highest BCUT2D eigenvalue weighted by Gasteiger charge is 2.14. The van der Waals surface area contributed by atoms with Crippen molar-refractivity contribution in [2.45, 2.75) is 51.9 Å². The molecule has 2 rings (SSSR count). The second-order valence-electron chi connectivity index (χ2n) is 5.42. The summed E-state index contributed by atoms with van der Waals surface area (Å²) in [5, 5.41) is 5.84. The molecule has 1 aliphatic heterocycles. The highest BCUT2D eigenvalue weighted by molar-refractivity contribution is 5.75. The van der Waals surface area contributed by atoms with Gasteiger partial charge in [-0.15, -0.1) is 0 Å². The van der Waals surface area contributed by atoms with Crippen LogP contribution in [-0.2, 0) is 9.59 Å². The van der Waals surface area contributed by atoms with Crippen LogP contribution in [0, 0.1) is 0 Å². The van der Waals surface area contributed by atoms with Crippen molar-refractivity contribution in [3.8, 4) is 0 Å². The third-order valence-corrected chi connectivity index (χ3v) is 3.75. The monoisotopic (exact) mass is 335 g/mol. The predicted octanol–water partition coefficient (Wildman–Crippen LogP) is 2.86. The molecule has 1 heterocycles. The molecule has 0 spiro atoms. The van der Waals surface area contributed by atoms with Crippen molar-refractivity contribution in [1.29, 1.82) is 0 Å². The summed E-state index contributed by atoms with van der Waals surface area (Å²) in [6.45, 7) is 6.30. The van der Waals surface area contributed by atoms with Gasteiger partial charge in [-0.1, -0.05) is 26.0 Å². The number of aldehydes is 1. The first-order valence-electron chi connectivity index (χ1n) is 8.87. The third-order valence-electron chi connectivity index (χ3n) is 3.75. The minimum Gasteiger partial charge on any atom is -0.399 e. The average Bonchev–Trinajstić information content (AvgIpc) is 2.65. The number of nitrogen functional groups attached to an aromatic ring is 1. The van der Waals surface area contributed by atoms with Gasteiger partial charge in [0, 0.05) is 25.6 Å². The number of amides is 1. The van der Waals surface area contributed by atoms with Gasteiger partial charge < -0.3 is 21.2 Å². The van der Waals surface area contributed by atoms with Crippen molar-refractivity contribution >= 4 is 17.9 Å². The Bertz CT molecular complexity index is 440. The lowest BCUT2D eigenvalue weighted by atomic mass is 9.90. The van der Waals surface area contributed by atoms with E-state index in [-0.39, 0.29) is 5.91 Å². The molecule has 0 saturated carbocycles. The molecule has 1 fully saturated rings. The number of piperidine rings is 1. The van der Waals surface area contributed by atoms with Crippen LogP contribution in [0.5, 0.6) is 0 Å². The molecule has 0 aliphatic carbocycles. The van der Waals surface area contributed by atoms with Gasteiger partial charge in [0.1, 0.15) is 6.29 Å². The predicted molar refractivity (Wildman–Crippen MR) is 101 cm³/mol. The Morgan fingerprint density at radius 3 is 2.33 bits per heavy atom. The standard InChI is InChI=1S/C11H16N2.C6H11NO2.C2H6/c12-11-3-1-9(2-4-11)10-5-7-13-8-6-10;1-7-6(9)4-2-3-5-8;1-2/h1-4,10,13H,5-8,12H2;5H,2-4H2,1H3,(H,7,9);1-2H3. The third kappa shape index (κ3) is 10.0. The smallest absolute Gasteiger partial charge is 0.219 e. The Balaban J connectivity index is 0.000000426. The van der Waals surface area contributed by atoms with E-state index in [0.717, 1.165) is 31.0 Å². The number of rotatable bonds is 5. The van der Waals surface area contributed by atoms with Gasteiger partial charge in [-0.25, -0.2) is 0 Å². The first-order valence-corrected chi connectivity index (χ1v) is 8.87. The maximum atomic E-state index is 10.5. The van der Waals surface area contributed by atoms with Crippen molar-refractivity contribution in [2.24, 2.45) is 0 Å². The summed E-state index contributed by atoms with van der Waals surface area (Å²) in [5.41, 5.74) is 7.94. The maximum Gasteiger partial charge on any atom is 0.219 e. The molecule has 1 aromatic rings. The van der Waals surface area contributed by atoms with E-state index in [4.69, 9.17) is 5.73 Å². The number of nitrogens with one attached hydrogen (secondary N) is 2. The van der Waals surface area contributed by atoms with Crippen LogP contribution in [-0.4, -0.2) is 32.3 Å². The van der Waals surface area contributed by atoms with Crippen molar-refractivity contribution in [3.63, 3.8) is 0 Å². The first kappa shape index (κ1) is 22.1. The summed E-state index contributed by atoms with van der Waals surface area (Å²) in [7, 11) is 1.59. The van der Waals surface area contributed by atoms with Crippen LogP contribution >= 0.6 is 0 Å². The number of hydrogen-bond acceptors (Lipinski definition) is 4.